The number of hydrogen-bond donors (Lipinski definition) is 1. The number of fused-ring (bicyclic) bond motifs is 1. The van der Waals surface area contributed by atoms with Crippen LogP contribution in [0.5, 0.6) is 5.75 Å². The second kappa shape index (κ2) is 5.34. The van der Waals surface area contributed by atoms with E-state index in [1.165, 1.54) is 0 Å². The Balaban J connectivity index is 2.40. The minimum Gasteiger partial charge on any atom is -0.495 e. The number of aromatic nitrogens is 1. The predicted octanol–water partition coefficient (Wildman–Crippen LogP) is 2.79. The number of nitrogens with zero attached hydrogens (tertiary/aromatic N) is 1. The van der Waals surface area contributed by atoms with E-state index >= 15 is 0 Å². The monoisotopic (exact) mass is 250 g/mol. The van der Waals surface area contributed by atoms with E-state index in [1.54, 1.807) is 7.11 Å². The molecule has 2 N–H and O–H groups in total. The smallest absolute Gasteiger partial charge is 0.138 e. The number of benzene rings is 1. The van der Waals surface area contributed by atoms with Gasteiger partial charge in [-0.05, 0) is 37.6 Å². The van der Waals surface area contributed by atoms with Gasteiger partial charge in [0.15, 0.2) is 0 Å². The van der Waals surface area contributed by atoms with E-state index in [1.807, 2.05) is 24.3 Å². The minimum atomic E-state index is 0.587. The summed E-state index contributed by atoms with van der Waals surface area (Å²) in [7, 11) is 1.61. The van der Waals surface area contributed by atoms with E-state index in [4.69, 9.17) is 22.1 Å². The fourth-order valence-corrected chi connectivity index (χ4v) is 1.98. The van der Waals surface area contributed by atoms with Crippen LogP contribution < -0.4 is 10.5 Å². The normalized spacial score (nSPS) is 10.8. The Morgan fingerprint density at radius 2 is 2.18 bits per heavy atom. The van der Waals surface area contributed by atoms with E-state index in [9.17, 15) is 0 Å². The van der Waals surface area contributed by atoms with Crippen molar-refractivity contribution in [2.75, 3.05) is 13.7 Å². The Morgan fingerprint density at radius 1 is 1.35 bits per heavy atom. The van der Waals surface area contributed by atoms with Crippen LogP contribution in [-0.4, -0.2) is 18.6 Å². The van der Waals surface area contributed by atoms with Crippen LogP contribution in [0.4, 0.5) is 0 Å². The topological polar surface area (TPSA) is 48.1 Å². The first kappa shape index (κ1) is 12.1. The molecule has 90 valence electrons. The molecule has 0 amide bonds. The van der Waals surface area contributed by atoms with Crippen LogP contribution in [0.3, 0.4) is 0 Å². The summed E-state index contributed by atoms with van der Waals surface area (Å²) in [5.74, 6) is 0.677. The Labute approximate surface area is 106 Å². The van der Waals surface area contributed by atoms with Gasteiger partial charge in [-0.2, -0.15) is 0 Å². The Hall–Kier alpha value is -1.32. The summed E-state index contributed by atoms with van der Waals surface area (Å²) in [6, 6.07) is 7.79. The molecule has 0 aliphatic rings. The number of halogens is 1. The first-order valence-electron chi connectivity index (χ1n) is 5.58. The van der Waals surface area contributed by atoms with Crippen LogP contribution in [0.25, 0.3) is 10.9 Å². The van der Waals surface area contributed by atoms with Crippen LogP contribution in [0.1, 0.15) is 12.1 Å². The fourth-order valence-electron chi connectivity index (χ4n) is 1.75. The summed E-state index contributed by atoms with van der Waals surface area (Å²) in [5, 5.41) is 1.62. The quantitative estimate of drug-likeness (QED) is 0.908. The van der Waals surface area contributed by atoms with Crippen LogP contribution >= 0.6 is 11.6 Å². The minimum absolute atomic E-state index is 0.587. The number of rotatable bonds is 4. The Morgan fingerprint density at radius 3 is 2.88 bits per heavy atom. The van der Waals surface area contributed by atoms with Gasteiger partial charge in [0.2, 0.25) is 0 Å². The van der Waals surface area contributed by atoms with E-state index in [0.29, 0.717) is 17.3 Å². The van der Waals surface area contributed by atoms with Gasteiger partial charge in [-0.1, -0.05) is 17.7 Å². The summed E-state index contributed by atoms with van der Waals surface area (Å²) >= 11 is 6.08. The third-order valence-electron chi connectivity index (χ3n) is 2.66. The van der Waals surface area contributed by atoms with Gasteiger partial charge in [-0.3, -0.25) is 4.98 Å². The molecule has 2 aromatic rings. The third kappa shape index (κ3) is 2.68. The summed E-state index contributed by atoms with van der Waals surface area (Å²) in [6.07, 6.45) is 1.85. The molecule has 0 spiro atoms. The number of nitrogens with two attached hydrogens (primary N) is 1. The van der Waals surface area contributed by atoms with Crippen molar-refractivity contribution in [3.63, 3.8) is 0 Å². The molecule has 0 saturated carbocycles. The lowest BCUT2D eigenvalue weighted by molar-refractivity contribution is 0.415. The molecule has 3 nitrogen and oxygen atoms in total. The highest BCUT2D eigenvalue weighted by Crippen LogP contribution is 2.29. The zero-order valence-corrected chi connectivity index (χ0v) is 10.5. The molecular formula is C13H15ClN2O. The van der Waals surface area contributed by atoms with Crippen LogP contribution in [0, 0.1) is 0 Å². The Bertz CT molecular complexity index is 528. The van der Waals surface area contributed by atoms with Gasteiger partial charge in [0.05, 0.1) is 17.6 Å². The summed E-state index contributed by atoms with van der Waals surface area (Å²) in [5.41, 5.74) is 7.42. The van der Waals surface area contributed by atoms with E-state index < -0.39 is 0 Å². The van der Waals surface area contributed by atoms with E-state index in [-0.39, 0.29) is 0 Å². The zero-order valence-electron chi connectivity index (χ0n) is 9.74. The molecule has 0 radical (unpaired) electrons. The molecule has 1 aromatic heterocycles. The number of hydrogen-bond acceptors (Lipinski definition) is 3. The molecule has 0 aliphatic carbocycles. The van der Waals surface area contributed by atoms with Gasteiger partial charge >= 0.3 is 0 Å². The van der Waals surface area contributed by atoms with Crippen LogP contribution in [0.15, 0.2) is 24.3 Å². The van der Waals surface area contributed by atoms with E-state index in [2.05, 4.69) is 4.98 Å². The molecule has 1 heterocycles. The van der Waals surface area contributed by atoms with Crippen molar-refractivity contribution >= 4 is 22.5 Å². The molecule has 0 aliphatic heterocycles. The number of methoxy groups -OCH3 is 1. The van der Waals surface area contributed by atoms with Crippen LogP contribution in [0.2, 0.25) is 5.02 Å². The maximum Gasteiger partial charge on any atom is 0.138 e. The molecule has 0 fully saturated rings. The molecule has 0 bridgehead atoms. The van der Waals surface area contributed by atoms with Gasteiger partial charge in [0.25, 0.3) is 0 Å². The fraction of sp³-hybridized carbons (Fsp3) is 0.308. The number of aryl methyl sites for hydroxylation is 1. The summed E-state index contributed by atoms with van der Waals surface area (Å²) in [6.45, 7) is 0.684. The van der Waals surface area contributed by atoms with Crippen molar-refractivity contribution in [1.29, 1.82) is 0 Å². The highest BCUT2D eigenvalue weighted by molar-refractivity contribution is 6.32. The van der Waals surface area contributed by atoms with Gasteiger partial charge in [0.1, 0.15) is 5.75 Å². The lowest BCUT2D eigenvalue weighted by atomic mass is 10.1. The van der Waals surface area contributed by atoms with E-state index in [0.717, 1.165) is 29.4 Å². The van der Waals surface area contributed by atoms with Crippen LogP contribution in [-0.2, 0) is 6.42 Å². The SMILES string of the molecule is COc1cc2ccc(CCCN)nc2cc1Cl. The highest BCUT2D eigenvalue weighted by Gasteiger charge is 2.05. The first-order valence-corrected chi connectivity index (χ1v) is 5.95. The third-order valence-corrected chi connectivity index (χ3v) is 2.95. The van der Waals surface area contributed by atoms with Crippen molar-refractivity contribution < 1.29 is 4.74 Å². The molecule has 0 atom stereocenters. The van der Waals surface area contributed by atoms with Crippen molar-refractivity contribution in [2.45, 2.75) is 12.8 Å². The highest BCUT2D eigenvalue weighted by atomic mass is 35.5. The van der Waals surface area contributed by atoms with Gasteiger partial charge < -0.3 is 10.5 Å². The van der Waals surface area contributed by atoms with Gasteiger partial charge in [0, 0.05) is 11.1 Å². The summed E-state index contributed by atoms with van der Waals surface area (Å²) in [4.78, 5) is 4.55. The average molecular weight is 251 g/mol. The lowest BCUT2D eigenvalue weighted by Crippen LogP contribution is -2.01. The van der Waals surface area contributed by atoms with Crippen molar-refractivity contribution in [3.05, 3.63) is 35.0 Å². The Kier molecular flexibility index (Phi) is 3.82. The van der Waals surface area contributed by atoms with Gasteiger partial charge in [-0.25, -0.2) is 0 Å². The maximum absolute atomic E-state index is 6.08. The first-order chi connectivity index (χ1) is 8.24. The average Bonchev–Trinajstić information content (AvgIpc) is 2.35. The molecule has 1 aromatic carbocycles. The largest absolute Gasteiger partial charge is 0.495 e. The molecular weight excluding hydrogens is 236 g/mol. The standard InChI is InChI=1S/C13H15ClN2O/c1-17-13-7-9-4-5-10(3-2-6-15)16-12(9)8-11(13)14/h4-5,7-8H,2-3,6,15H2,1H3. The number of ether oxygens (including phenoxy) is 1. The second-order valence-electron chi connectivity index (χ2n) is 3.87. The van der Waals surface area contributed by atoms with Crippen molar-refractivity contribution in [3.8, 4) is 5.75 Å². The second-order valence-corrected chi connectivity index (χ2v) is 4.28. The summed E-state index contributed by atoms with van der Waals surface area (Å²) < 4.78 is 5.17. The molecule has 4 heteroatoms. The maximum atomic E-state index is 6.08. The molecule has 2 rings (SSSR count). The predicted molar refractivity (Wildman–Crippen MR) is 70.7 cm³/mol. The van der Waals surface area contributed by atoms with Crippen molar-refractivity contribution in [2.24, 2.45) is 5.73 Å². The molecule has 0 unspecified atom stereocenters. The molecule has 0 saturated heterocycles. The molecule has 17 heavy (non-hydrogen) atoms. The lowest BCUT2D eigenvalue weighted by Gasteiger charge is -2.06. The number of pyridine rings is 1. The van der Waals surface area contributed by atoms with Gasteiger partial charge in [-0.15, -0.1) is 0 Å². The van der Waals surface area contributed by atoms with Crippen molar-refractivity contribution in [1.82, 2.24) is 4.98 Å². The zero-order chi connectivity index (χ0) is 12.3.